The minimum atomic E-state index is -0.0937. The zero-order valence-electron chi connectivity index (χ0n) is 14.5. The maximum atomic E-state index is 12.5. The van der Waals surface area contributed by atoms with Gasteiger partial charge < -0.3 is 19.1 Å². The van der Waals surface area contributed by atoms with Crippen LogP contribution in [0.25, 0.3) is 0 Å². The molecule has 0 saturated carbocycles. The van der Waals surface area contributed by atoms with Crippen LogP contribution in [0.15, 0.2) is 42.5 Å². The zero-order chi connectivity index (χ0) is 17.5. The normalized spacial score (nSPS) is 10.2. The number of rotatable bonds is 7. The van der Waals surface area contributed by atoms with Gasteiger partial charge in [0.25, 0.3) is 5.91 Å². The van der Waals surface area contributed by atoms with Gasteiger partial charge in [-0.05, 0) is 42.8 Å². The van der Waals surface area contributed by atoms with E-state index >= 15 is 0 Å². The number of benzene rings is 2. The van der Waals surface area contributed by atoms with E-state index in [0.717, 1.165) is 11.3 Å². The first-order valence-electron chi connectivity index (χ1n) is 7.72. The standard InChI is InChI=1S/C19H23NO4/c1-14-6-5-7-16(12-14)24-11-10-20(2)19(21)15-8-9-17(22-3)18(13-15)23-4/h5-9,12-13H,10-11H2,1-4H3. The second-order valence-electron chi connectivity index (χ2n) is 5.46. The van der Waals surface area contributed by atoms with Gasteiger partial charge >= 0.3 is 0 Å². The predicted octanol–water partition coefficient (Wildman–Crippen LogP) is 3.16. The summed E-state index contributed by atoms with van der Waals surface area (Å²) in [5, 5.41) is 0. The number of carbonyl (C=O) groups is 1. The van der Waals surface area contributed by atoms with Crippen LogP contribution < -0.4 is 14.2 Å². The zero-order valence-corrected chi connectivity index (χ0v) is 14.5. The van der Waals surface area contributed by atoms with Gasteiger partial charge in [0.15, 0.2) is 11.5 Å². The summed E-state index contributed by atoms with van der Waals surface area (Å²) >= 11 is 0. The Balaban J connectivity index is 1.94. The van der Waals surface area contributed by atoms with Crippen molar-refractivity contribution in [1.82, 2.24) is 4.90 Å². The molecule has 2 aromatic rings. The summed E-state index contributed by atoms with van der Waals surface area (Å²) in [6.07, 6.45) is 0. The highest BCUT2D eigenvalue weighted by atomic mass is 16.5. The molecular formula is C19H23NO4. The average molecular weight is 329 g/mol. The highest BCUT2D eigenvalue weighted by Gasteiger charge is 2.14. The van der Waals surface area contributed by atoms with Gasteiger partial charge in [0, 0.05) is 12.6 Å². The van der Waals surface area contributed by atoms with E-state index in [-0.39, 0.29) is 5.91 Å². The van der Waals surface area contributed by atoms with Crippen molar-refractivity contribution in [1.29, 1.82) is 0 Å². The molecule has 24 heavy (non-hydrogen) atoms. The third-order valence-corrected chi connectivity index (χ3v) is 3.66. The molecule has 0 radical (unpaired) electrons. The molecule has 0 aliphatic heterocycles. The summed E-state index contributed by atoms with van der Waals surface area (Å²) in [5.41, 5.74) is 1.69. The maximum Gasteiger partial charge on any atom is 0.253 e. The Bertz CT molecular complexity index is 700. The minimum Gasteiger partial charge on any atom is -0.493 e. The van der Waals surface area contributed by atoms with Gasteiger partial charge in [0.2, 0.25) is 0 Å². The molecule has 0 spiro atoms. The SMILES string of the molecule is COc1ccc(C(=O)N(C)CCOc2cccc(C)c2)cc1OC. The third-order valence-electron chi connectivity index (χ3n) is 3.66. The predicted molar refractivity (Wildman–Crippen MR) is 93.2 cm³/mol. The van der Waals surface area contributed by atoms with E-state index in [1.165, 1.54) is 0 Å². The maximum absolute atomic E-state index is 12.5. The lowest BCUT2D eigenvalue weighted by Crippen LogP contribution is -2.30. The summed E-state index contributed by atoms with van der Waals surface area (Å²) in [5.74, 6) is 1.85. The Morgan fingerprint density at radius 1 is 1.04 bits per heavy atom. The van der Waals surface area contributed by atoms with Crippen molar-refractivity contribution in [3.63, 3.8) is 0 Å². The van der Waals surface area contributed by atoms with Gasteiger partial charge in [-0.25, -0.2) is 0 Å². The Labute approximate surface area is 142 Å². The Hall–Kier alpha value is -2.69. The summed E-state index contributed by atoms with van der Waals surface area (Å²) in [7, 11) is 4.86. The van der Waals surface area contributed by atoms with Gasteiger partial charge in [-0.15, -0.1) is 0 Å². The number of amides is 1. The second-order valence-corrected chi connectivity index (χ2v) is 5.46. The van der Waals surface area contributed by atoms with E-state index in [1.807, 2.05) is 31.2 Å². The molecule has 0 heterocycles. The lowest BCUT2D eigenvalue weighted by molar-refractivity contribution is 0.0773. The molecule has 0 unspecified atom stereocenters. The molecule has 0 atom stereocenters. The molecule has 0 N–H and O–H groups in total. The number of aryl methyl sites for hydroxylation is 1. The Morgan fingerprint density at radius 2 is 1.79 bits per heavy atom. The summed E-state index contributed by atoms with van der Waals surface area (Å²) in [6, 6.07) is 13.0. The van der Waals surface area contributed by atoms with Gasteiger partial charge in [-0.2, -0.15) is 0 Å². The smallest absolute Gasteiger partial charge is 0.253 e. The van der Waals surface area contributed by atoms with Crippen molar-refractivity contribution < 1.29 is 19.0 Å². The Kier molecular flexibility index (Phi) is 6.07. The van der Waals surface area contributed by atoms with Crippen LogP contribution in [0.3, 0.4) is 0 Å². The van der Waals surface area contributed by atoms with Gasteiger partial charge in [-0.1, -0.05) is 12.1 Å². The number of carbonyl (C=O) groups excluding carboxylic acids is 1. The van der Waals surface area contributed by atoms with Crippen LogP contribution in [0.5, 0.6) is 17.2 Å². The monoisotopic (exact) mass is 329 g/mol. The minimum absolute atomic E-state index is 0.0937. The fourth-order valence-corrected chi connectivity index (χ4v) is 2.30. The van der Waals surface area contributed by atoms with E-state index in [9.17, 15) is 4.79 Å². The Morgan fingerprint density at radius 3 is 2.46 bits per heavy atom. The number of ether oxygens (including phenoxy) is 3. The molecule has 0 fully saturated rings. The number of methoxy groups -OCH3 is 2. The molecule has 0 aliphatic rings. The molecular weight excluding hydrogens is 306 g/mol. The lowest BCUT2D eigenvalue weighted by atomic mass is 10.1. The van der Waals surface area contributed by atoms with Crippen molar-refractivity contribution in [2.24, 2.45) is 0 Å². The fraction of sp³-hybridized carbons (Fsp3) is 0.316. The molecule has 0 aromatic heterocycles. The molecule has 0 saturated heterocycles. The van der Waals surface area contributed by atoms with Crippen LogP contribution in [-0.2, 0) is 0 Å². The summed E-state index contributed by atoms with van der Waals surface area (Å²) in [4.78, 5) is 14.1. The molecule has 5 nitrogen and oxygen atoms in total. The highest BCUT2D eigenvalue weighted by Crippen LogP contribution is 2.27. The van der Waals surface area contributed by atoms with Crippen LogP contribution in [0, 0.1) is 6.92 Å². The van der Waals surface area contributed by atoms with Crippen LogP contribution in [0.1, 0.15) is 15.9 Å². The van der Waals surface area contributed by atoms with E-state index in [1.54, 1.807) is 44.4 Å². The molecule has 128 valence electrons. The third kappa shape index (κ3) is 4.41. The summed E-state index contributed by atoms with van der Waals surface area (Å²) in [6.45, 7) is 2.93. The van der Waals surface area contributed by atoms with Crippen molar-refractivity contribution >= 4 is 5.91 Å². The van der Waals surface area contributed by atoms with Gasteiger partial charge in [0.1, 0.15) is 12.4 Å². The van der Waals surface area contributed by atoms with E-state index in [4.69, 9.17) is 14.2 Å². The lowest BCUT2D eigenvalue weighted by Gasteiger charge is -2.18. The first-order chi connectivity index (χ1) is 11.5. The van der Waals surface area contributed by atoms with Gasteiger partial charge in [-0.3, -0.25) is 4.79 Å². The number of hydrogen-bond acceptors (Lipinski definition) is 4. The van der Waals surface area contributed by atoms with E-state index in [0.29, 0.717) is 30.2 Å². The van der Waals surface area contributed by atoms with Crippen LogP contribution in [-0.4, -0.2) is 45.2 Å². The number of likely N-dealkylation sites (N-methyl/N-ethyl adjacent to an activating group) is 1. The average Bonchev–Trinajstić information content (AvgIpc) is 2.60. The van der Waals surface area contributed by atoms with Crippen molar-refractivity contribution in [3.05, 3.63) is 53.6 Å². The van der Waals surface area contributed by atoms with Crippen molar-refractivity contribution in [3.8, 4) is 17.2 Å². The fourth-order valence-electron chi connectivity index (χ4n) is 2.30. The first kappa shape index (κ1) is 17.7. The van der Waals surface area contributed by atoms with Crippen molar-refractivity contribution in [2.45, 2.75) is 6.92 Å². The molecule has 0 aliphatic carbocycles. The van der Waals surface area contributed by atoms with Crippen LogP contribution >= 0.6 is 0 Å². The molecule has 2 aromatic carbocycles. The van der Waals surface area contributed by atoms with E-state index < -0.39 is 0 Å². The number of hydrogen-bond donors (Lipinski definition) is 0. The molecule has 2 rings (SSSR count). The molecule has 0 bridgehead atoms. The molecule has 1 amide bonds. The highest BCUT2D eigenvalue weighted by molar-refractivity contribution is 5.94. The molecule has 5 heteroatoms. The van der Waals surface area contributed by atoms with Gasteiger partial charge in [0.05, 0.1) is 20.8 Å². The first-order valence-corrected chi connectivity index (χ1v) is 7.72. The topological polar surface area (TPSA) is 48.0 Å². The quantitative estimate of drug-likeness (QED) is 0.783. The largest absolute Gasteiger partial charge is 0.493 e. The van der Waals surface area contributed by atoms with Crippen molar-refractivity contribution in [2.75, 3.05) is 34.4 Å². The number of nitrogens with zero attached hydrogens (tertiary/aromatic N) is 1. The van der Waals surface area contributed by atoms with Crippen LogP contribution in [0.2, 0.25) is 0 Å². The summed E-state index contributed by atoms with van der Waals surface area (Å²) < 4.78 is 16.1. The van der Waals surface area contributed by atoms with Crippen LogP contribution in [0.4, 0.5) is 0 Å². The second kappa shape index (κ2) is 8.24. The van der Waals surface area contributed by atoms with E-state index in [2.05, 4.69) is 0 Å².